The summed E-state index contributed by atoms with van der Waals surface area (Å²) >= 11 is 0. The molecule has 0 fully saturated rings. The molecular formula is C39H60O7. The van der Waals surface area contributed by atoms with Gasteiger partial charge in [-0.15, -0.1) is 0 Å². The molecule has 0 saturated heterocycles. The minimum atomic E-state index is -0.660. The fourth-order valence-electron chi connectivity index (χ4n) is 4.20. The Hall–Kier alpha value is -3.35. The van der Waals surface area contributed by atoms with Gasteiger partial charge in [0, 0.05) is 11.6 Å². The van der Waals surface area contributed by atoms with Crippen LogP contribution in [-0.4, -0.2) is 39.4 Å². The average molecular weight is 641 g/mol. The zero-order valence-electron chi connectivity index (χ0n) is 31.8. The zero-order valence-corrected chi connectivity index (χ0v) is 31.8. The molecule has 46 heavy (non-hydrogen) atoms. The summed E-state index contributed by atoms with van der Waals surface area (Å²) in [5, 5.41) is 0. The lowest BCUT2D eigenvalue weighted by atomic mass is 10.0. The van der Waals surface area contributed by atoms with Gasteiger partial charge in [0.2, 0.25) is 0 Å². The second-order valence-electron chi connectivity index (χ2n) is 17.6. The van der Waals surface area contributed by atoms with Crippen molar-refractivity contribution in [3.8, 4) is 34.5 Å². The van der Waals surface area contributed by atoms with E-state index in [-0.39, 0.29) is 22.8 Å². The summed E-state index contributed by atoms with van der Waals surface area (Å²) in [6, 6.07) is 7.38. The Morgan fingerprint density at radius 2 is 0.848 bits per heavy atom. The zero-order chi connectivity index (χ0) is 35.7. The van der Waals surface area contributed by atoms with Crippen LogP contribution in [0.3, 0.4) is 0 Å². The Balaban J connectivity index is 2.97. The minimum absolute atomic E-state index is 0.211. The third-order valence-corrected chi connectivity index (χ3v) is 5.29. The van der Waals surface area contributed by atoms with Crippen LogP contribution in [0.15, 0.2) is 30.3 Å². The quantitative estimate of drug-likeness (QED) is 0.199. The van der Waals surface area contributed by atoms with Gasteiger partial charge in [0.25, 0.3) is 0 Å². The molecule has 0 aromatic heterocycles. The third kappa shape index (κ3) is 13.6. The SMILES string of the molecule is CC(C)(C)Oc1ccc(OC(C)(C)C)c(/C=C/C(=O)c2c(OC(C)(C)C)c(OC(C)(C)C)cc(OC(C)(C)C)c2OC(C)(C)C)c1. The van der Waals surface area contributed by atoms with Crippen LogP contribution in [0, 0.1) is 0 Å². The van der Waals surface area contributed by atoms with Gasteiger partial charge in [0.15, 0.2) is 28.8 Å². The lowest BCUT2D eigenvalue weighted by Crippen LogP contribution is -2.30. The Morgan fingerprint density at radius 1 is 0.478 bits per heavy atom. The highest BCUT2D eigenvalue weighted by molar-refractivity contribution is 6.12. The summed E-state index contributed by atoms with van der Waals surface area (Å²) in [5.41, 5.74) is -2.47. The van der Waals surface area contributed by atoms with Gasteiger partial charge in [0.1, 0.15) is 50.7 Å². The largest absolute Gasteiger partial charge is 0.488 e. The van der Waals surface area contributed by atoms with Crippen LogP contribution >= 0.6 is 0 Å². The molecule has 0 aliphatic heterocycles. The van der Waals surface area contributed by atoms with Crippen LogP contribution in [-0.2, 0) is 0 Å². The number of carbonyl (C=O) groups excluding carboxylic acids is 1. The summed E-state index contributed by atoms with van der Waals surface area (Å²) in [7, 11) is 0. The number of ether oxygens (including phenoxy) is 6. The van der Waals surface area contributed by atoms with Crippen molar-refractivity contribution in [2.45, 2.75) is 158 Å². The Morgan fingerprint density at radius 3 is 1.22 bits per heavy atom. The van der Waals surface area contributed by atoms with E-state index in [4.69, 9.17) is 28.4 Å². The van der Waals surface area contributed by atoms with Crippen LogP contribution in [0.5, 0.6) is 34.5 Å². The molecule has 0 amide bonds. The maximum Gasteiger partial charge on any atom is 0.193 e. The second-order valence-corrected chi connectivity index (χ2v) is 17.6. The number of benzene rings is 2. The standard InChI is InChI=1S/C39H60O7/c1-34(2,3)41-26-20-22-28(42-35(4,5)6)25(23-26)19-21-27(40)31-32(45-38(13,14)15)29(43-36(7,8)9)24-30(44-37(10,11)12)33(31)46-39(16,17)18/h19-24H,1-18H3/b21-19+. The summed E-state index contributed by atoms with van der Waals surface area (Å²) < 4.78 is 38.3. The first-order valence-electron chi connectivity index (χ1n) is 16.1. The second kappa shape index (κ2) is 13.4. The highest BCUT2D eigenvalue weighted by atomic mass is 16.6. The van der Waals surface area contributed by atoms with Crippen LogP contribution in [0.25, 0.3) is 6.08 Å². The molecule has 0 heterocycles. The Labute approximate surface area is 278 Å². The first-order valence-corrected chi connectivity index (χ1v) is 16.1. The summed E-state index contributed by atoms with van der Waals surface area (Å²) in [4.78, 5) is 14.5. The molecule has 7 heteroatoms. The number of hydrogen-bond donors (Lipinski definition) is 0. The number of carbonyl (C=O) groups is 1. The van der Waals surface area contributed by atoms with Crippen LogP contribution in [0.2, 0.25) is 0 Å². The number of hydrogen-bond acceptors (Lipinski definition) is 7. The highest BCUT2D eigenvalue weighted by Crippen LogP contribution is 2.49. The highest BCUT2D eigenvalue weighted by Gasteiger charge is 2.34. The lowest BCUT2D eigenvalue weighted by Gasteiger charge is -2.33. The van der Waals surface area contributed by atoms with Crippen molar-refractivity contribution < 1.29 is 33.2 Å². The fourth-order valence-corrected chi connectivity index (χ4v) is 4.20. The van der Waals surface area contributed by atoms with Crippen LogP contribution < -0.4 is 28.4 Å². The maximum absolute atomic E-state index is 14.5. The number of ketones is 1. The van der Waals surface area contributed by atoms with Crippen molar-refractivity contribution in [3.63, 3.8) is 0 Å². The number of rotatable bonds is 9. The van der Waals surface area contributed by atoms with Crippen molar-refractivity contribution in [3.05, 3.63) is 41.5 Å². The minimum Gasteiger partial charge on any atom is -0.488 e. The molecule has 0 radical (unpaired) electrons. The smallest absolute Gasteiger partial charge is 0.193 e. The normalized spacial score (nSPS) is 13.4. The maximum atomic E-state index is 14.5. The fraction of sp³-hybridized carbons (Fsp3) is 0.615. The summed E-state index contributed by atoms with van der Waals surface area (Å²) in [6.07, 6.45) is 3.25. The molecule has 0 saturated carbocycles. The summed E-state index contributed by atoms with van der Waals surface area (Å²) in [5.74, 6) is 2.28. The van der Waals surface area contributed by atoms with E-state index in [2.05, 4.69) is 0 Å². The van der Waals surface area contributed by atoms with Crippen molar-refractivity contribution in [1.29, 1.82) is 0 Å². The molecule has 0 bridgehead atoms. The summed E-state index contributed by atoms with van der Waals surface area (Å²) in [6.45, 7) is 35.2. The van der Waals surface area contributed by atoms with Gasteiger partial charge in [-0.1, -0.05) is 0 Å². The molecule has 2 aromatic carbocycles. The predicted octanol–water partition coefficient (Wildman–Crippen LogP) is 10.6. The topological polar surface area (TPSA) is 72.5 Å². The van der Waals surface area contributed by atoms with E-state index in [9.17, 15) is 4.79 Å². The predicted molar refractivity (Wildman–Crippen MR) is 189 cm³/mol. The Kier molecular flexibility index (Phi) is 11.3. The van der Waals surface area contributed by atoms with Gasteiger partial charge in [0.05, 0.1) is 0 Å². The van der Waals surface area contributed by atoms with Gasteiger partial charge < -0.3 is 28.4 Å². The van der Waals surface area contributed by atoms with Crippen LogP contribution in [0.4, 0.5) is 0 Å². The lowest BCUT2D eigenvalue weighted by molar-refractivity contribution is 0.0773. The monoisotopic (exact) mass is 640 g/mol. The van der Waals surface area contributed by atoms with E-state index in [1.165, 1.54) is 6.08 Å². The van der Waals surface area contributed by atoms with Gasteiger partial charge in [-0.2, -0.15) is 0 Å². The van der Waals surface area contributed by atoms with Crippen molar-refractivity contribution in [1.82, 2.24) is 0 Å². The van der Waals surface area contributed by atoms with Crippen molar-refractivity contribution >= 4 is 11.9 Å². The van der Waals surface area contributed by atoms with Crippen molar-refractivity contribution in [2.24, 2.45) is 0 Å². The molecule has 7 nitrogen and oxygen atoms in total. The van der Waals surface area contributed by atoms with Crippen molar-refractivity contribution in [2.75, 3.05) is 0 Å². The molecule has 258 valence electrons. The molecule has 0 aliphatic rings. The van der Waals surface area contributed by atoms with E-state index < -0.39 is 33.6 Å². The molecular weight excluding hydrogens is 580 g/mol. The first kappa shape index (κ1) is 38.8. The van der Waals surface area contributed by atoms with Crippen LogP contribution in [0.1, 0.15) is 141 Å². The first-order chi connectivity index (χ1) is 20.4. The van der Waals surface area contributed by atoms with Gasteiger partial charge in [-0.3, -0.25) is 4.79 Å². The Bertz CT molecular complexity index is 1340. The van der Waals surface area contributed by atoms with E-state index in [0.717, 1.165) is 0 Å². The van der Waals surface area contributed by atoms with E-state index in [1.807, 2.05) is 143 Å². The molecule has 0 N–H and O–H groups in total. The van der Waals surface area contributed by atoms with E-state index in [1.54, 1.807) is 12.1 Å². The number of allylic oxidation sites excluding steroid dienone is 1. The average Bonchev–Trinajstić information content (AvgIpc) is 2.76. The molecule has 2 rings (SSSR count). The molecule has 0 atom stereocenters. The molecule has 2 aromatic rings. The van der Waals surface area contributed by atoms with Gasteiger partial charge >= 0.3 is 0 Å². The van der Waals surface area contributed by atoms with E-state index in [0.29, 0.717) is 28.6 Å². The molecule has 0 unspecified atom stereocenters. The van der Waals surface area contributed by atoms with E-state index >= 15 is 0 Å². The van der Waals surface area contributed by atoms with Gasteiger partial charge in [-0.25, -0.2) is 0 Å². The third-order valence-electron chi connectivity index (χ3n) is 5.29. The molecule has 0 spiro atoms. The van der Waals surface area contributed by atoms with Gasteiger partial charge in [-0.05, 0) is 155 Å². The molecule has 0 aliphatic carbocycles.